The van der Waals surface area contributed by atoms with Crippen LogP contribution in [0.25, 0.3) is 10.9 Å². The lowest BCUT2D eigenvalue weighted by Gasteiger charge is -2.20. The number of carbonyl (C=O) groups excluding carboxylic acids is 1. The molecule has 34 heavy (non-hydrogen) atoms. The summed E-state index contributed by atoms with van der Waals surface area (Å²) in [6.45, 7) is 0.997. The Balaban J connectivity index is 1.61. The number of nitrogens with zero attached hydrogens (tertiary/aromatic N) is 3. The largest absolute Gasteiger partial charge is 0.383 e. The number of aromatic nitrogens is 3. The van der Waals surface area contributed by atoms with Crippen LogP contribution in [-0.4, -0.2) is 55.0 Å². The second kappa shape index (κ2) is 10.4. The summed E-state index contributed by atoms with van der Waals surface area (Å²) in [4.78, 5) is 30.4. The molecule has 0 radical (unpaired) electrons. The van der Waals surface area contributed by atoms with Gasteiger partial charge in [0.25, 0.3) is 11.5 Å². The van der Waals surface area contributed by atoms with Crippen molar-refractivity contribution in [3.63, 3.8) is 0 Å². The molecule has 1 amide bonds. The number of para-hydroxylation sites is 1. The van der Waals surface area contributed by atoms with Crippen molar-refractivity contribution in [1.82, 2.24) is 20.1 Å². The van der Waals surface area contributed by atoms with Crippen molar-refractivity contribution in [2.75, 3.05) is 39.3 Å². The van der Waals surface area contributed by atoms with Gasteiger partial charge < -0.3 is 19.9 Å². The molecule has 2 aromatic carbocycles. The maximum absolute atomic E-state index is 13.0. The predicted molar refractivity (Wildman–Crippen MR) is 134 cm³/mol. The summed E-state index contributed by atoms with van der Waals surface area (Å²) in [7, 11) is 5.56. The molecule has 0 fully saturated rings. The van der Waals surface area contributed by atoms with E-state index in [9.17, 15) is 9.59 Å². The smallest absolute Gasteiger partial charge is 0.271 e. The van der Waals surface area contributed by atoms with E-state index >= 15 is 0 Å². The summed E-state index contributed by atoms with van der Waals surface area (Å²) in [5.74, 6) is -0.406. The van der Waals surface area contributed by atoms with E-state index in [-0.39, 0.29) is 29.6 Å². The second-order valence-corrected chi connectivity index (χ2v) is 8.31. The number of carbonyl (C=O) groups is 1. The van der Waals surface area contributed by atoms with Crippen LogP contribution >= 0.6 is 0 Å². The van der Waals surface area contributed by atoms with Gasteiger partial charge in [0.15, 0.2) is 0 Å². The summed E-state index contributed by atoms with van der Waals surface area (Å²) < 4.78 is 6.27. The first-order chi connectivity index (χ1) is 16.5. The number of methoxy groups -OCH3 is 1. The SMILES string of the molecule is COCCn1nc(C(=O)NCC(c2ccc(N(C)C)cc2)c2c[nH]c3ccccc23)ccc1=O. The molecular formula is C26H29N5O3. The van der Waals surface area contributed by atoms with Gasteiger partial charge in [-0.3, -0.25) is 9.59 Å². The van der Waals surface area contributed by atoms with E-state index in [2.05, 4.69) is 50.6 Å². The van der Waals surface area contributed by atoms with Gasteiger partial charge in [-0.05, 0) is 35.4 Å². The molecule has 2 N–H and O–H groups in total. The number of H-pyrrole nitrogens is 1. The van der Waals surface area contributed by atoms with Gasteiger partial charge in [0.1, 0.15) is 5.69 Å². The van der Waals surface area contributed by atoms with Gasteiger partial charge in [-0.1, -0.05) is 30.3 Å². The van der Waals surface area contributed by atoms with Crippen LogP contribution in [0, 0.1) is 0 Å². The van der Waals surface area contributed by atoms with Crippen molar-refractivity contribution in [3.05, 3.63) is 94.0 Å². The lowest BCUT2D eigenvalue weighted by atomic mass is 9.90. The maximum atomic E-state index is 13.0. The van der Waals surface area contributed by atoms with Gasteiger partial charge in [-0.2, -0.15) is 5.10 Å². The molecule has 2 heterocycles. The number of rotatable bonds is 9. The van der Waals surface area contributed by atoms with Gasteiger partial charge in [-0.25, -0.2) is 4.68 Å². The molecule has 0 spiro atoms. The zero-order valence-electron chi connectivity index (χ0n) is 19.6. The van der Waals surface area contributed by atoms with Crippen LogP contribution in [0.3, 0.4) is 0 Å². The number of aromatic amines is 1. The summed E-state index contributed by atoms with van der Waals surface area (Å²) in [5, 5.41) is 8.34. The number of amides is 1. The minimum Gasteiger partial charge on any atom is -0.383 e. The molecule has 0 saturated heterocycles. The van der Waals surface area contributed by atoms with Crippen LogP contribution in [0.4, 0.5) is 5.69 Å². The fourth-order valence-corrected chi connectivity index (χ4v) is 3.99. The molecule has 0 aliphatic rings. The number of hydrogen-bond acceptors (Lipinski definition) is 5. The third-order valence-electron chi connectivity index (χ3n) is 5.88. The van der Waals surface area contributed by atoms with E-state index in [0.29, 0.717) is 13.2 Å². The average molecular weight is 460 g/mol. The van der Waals surface area contributed by atoms with Crippen molar-refractivity contribution < 1.29 is 9.53 Å². The highest BCUT2D eigenvalue weighted by atomic mass is 16.5. The zero-order chi connectivity index (χ0) is 24.1. The highest BCUT2D eigenvalue weighted by Gasteiger charge is 2.20. The maximum Gasteiger partial charge on any atom is 0.271 e. The molecule has 0 saturated carbocycles. The number of benzene rings is 2. The molecule has 8 heteroatoms. The quantitative estimate of drug-likeness (QED) is 0.402. The van der Waals surface area contributed by atoms with Crippen molar-refractivity contribution in [1.29, 1.82) is 0 Å². The summed E-state index contributed by atoms with van der Waals surface area (Å²) in [6.07, 6.45) is 2.00. The van der Waals surface area contributed by atoms with Crippen LogP contribution in [-0.2, 0) is 11.3 Å². The third-order valence-corrected chi connectivity index (χ3v) is 5.88. The van der Waals surface area contributed by atoms with Crippen molar-refractivity contribution in [2.24, 2.45) is 0 Å². The Morgan fingerprint density at radius 3 is 2.62 bits per heavy atom. The van der Waals surface area contributed by atoms with Crippen LogP contribution in [0.5, 0.6) is 0 Å². The highest BCUT2D eigenvalue weighted by molar-refractivity contribution is 5.92. The van der Waals surface area contributed by atoms with Crippen molar-refractivity contribution in [3.8, 4) is 0 Å². The van der Waals surface area contributed by atoms with E-state index in [1.807, 2.05) is 38.5 Å². The Bertz CT molecular complexity index is 1320. The normalized spacial score (nSPS) is 12.0. The number of hydrogen-bond donors (Lipinski definition) is 2. The van der Waals surface area contributed by atoms with Gasteiger partial charge in [0, 0.05) is 62.5 Å². The standard InChI is InChI=1S/C26H29N5O3/c1-30(2)19-10-8-18(9-11-19)21(22-17-27-23-7-5-4-6-20(22)23)16-28-26(33)24-12-13-25(32)31(29-24)14-15-34-3/h4-13,17,21,27H,14-16H2,1-3H3,(H,28,33). The first-order valence-electron chi connectivity index (χ1n) is 11.2. The third kappa shape index (κ3) is 5.02. The minimum atomic E-state index is -0.332. The van der Waals surface area contributed by atoms with E-state index < -0.39 is 0 Å². The van der Waals surface area contributed by atoms with Gasteiger partial charge in [0.05, 0.1) is 13.2 Å². The summed E-state index contributed by atoms with van der Waals surface area (Å²) in [6, 6.07) is 19.3. The van der Waals surface area contributed by atoms with Crippen molar-refractivity contribution in [2.45, 2.75) is 12.5 Å². The molecule has 0 bridgehead atoms. The van der Waals surface area contributed by atoms with Crippen LogP contribution in [0.15, 0.2) is 71.7 Å². The number of fused-ring (bicyclic) bond motifs is 1. The lowest BCUT2D eigenvalue weighted by molar-refractivity contribution is 0.0943. The number of nitrogens with one attached hydrogen (secondary N) is 2. The zero-order valence-corrected chi connectivity index (χ0v) is 19.6. The minimum absolute atomic E-state index is 0.0734. The average Bonchev–Trinajstić information content (AvgIpc) is 3.28. The summed E-state index contributed by atoms with van der Waals surface area (Å²) >= 11 is 0. The van der Waals surface area contributed by atoms with E-state index in [1.54, 1.807) is 7.11 Å². The molecule has 8 nitrogen and oxygen atoms in total. The van der Waals surface area contributed by atoms with Crippen molar-refractivity contribution >= 4 is 22.5 Å². The Morgan fingerprint density at radius 2 is 1.88 bits per heavy atom. The first kappa shape index (κ1) is 23.3. The van der Waals surface area contributed by atoms with Gasteiger partial charge in [-0.15, -0.1) is 0 Å². The molecule has 4 aromatic rings. The van der Waals surface area contributed by atoms with Crippen LogP contribution < -0.4 is 15.8 Å². The predicted octanol–water partition coefficient (Wildman–Crippen LogP) is 3.00. The Hall–Kier alpha value is -3.91. The summed E-state index contributed by atoms with van der Waals surface area (Å²) in [5.41, 5.74) is 4.27. The lowest BCUT2D eigenvalue weighted by Crippen LogP contribution is -2.32. The Morgan fingerprint density at radius 1 is 1.12 bits per heavy atom. The number of anilines is 1. The van der Waals surface area contributed by atoms with Gasteiger partial charge in [0.2, 0.25) is 0 Å². The highest BCUT2D eigenvalue weighted by Crippen LogP contribution is 2.31. The molecule has 2 aromatic heterocycles. The van der Waals surface area contributed by atoms with Crippen LogP contribution in [0.1, 0.15) is 27.5 Å². The monoisotopic (exact) mass is 459 g/mol. The fraction of sp³-hybridized carbons (Fsp3) is 0.269. The van der Waals surface area contributed by atoms with E-state index in [4.69, 9.17) is 4.74 Å². The molecular weight excluding hydrogens is 430 g/mol. The van der Waals surface area contributed by atoms with Crippen LogP contribution in [0.2, 0.25) is 0 Å². The number of ether oxygens (including phenoxy) is 1. The Kier molecular flexibility index (Phi) is 7.08. The molecule has 176 valence electrons. The second-order valence-electron chi connectivity index (χ2n) is 8.31. The molecule has 1 unspecified atom stereocenters. The molecule has 0 aliphatic heterocycles. The first-order valence-corrected chi connectivity index (χ1v) is 11.2. The van der Waals surface area contributed by atoms with E-state index in [1.165, 1.54) is 16.8 Å². The topological polar surface area (TPSA) is 92.2 Å². The molecule has 4 rings (SSSR count). The molecule has 0 aliphatic carbocycles. The fourth-order valence-electron chi connectivity index (χ4n) is 3.99. The van der Waals surface area contributed by atoms with Gasteiger partial charge >= 0.3 is 0 Å². The Labute approximate surface area is 198 Å². The van der Waals surface area contributed by atoms with E-state index in [0.717, 1.165) is 27.7 Å². The molecule has 1 atom stereocenters.